The standard InChI is InChI=1S/C19H35N7O8/c1-8(2)13(18(33)34)25-17(32)14(9(3)27)26-16(31)11(5-4-6-23-19(21)22)24-15(30)10(20)7-12(28)29/h8-11,13-14,27H,4-7,20H2,1-3H3,(H,24,30)(H,25,32)(H,26,31)(H,28,29)(H,33,34)(H4,21,22,23). The molecule has 0 saturated carbocycles. The third-order valence-electron chi connectivity index (χ3n) is 4.60. The number of rotatable bonds is 15. The largest absolute Gasteiger partial charge is 0.481 e. The number of aliphatic imine (C=N–C) groups is 1. The summed E-state index contributed by atoms with van der Waals surface area (Å²) in [6, 6.07) is -5.53. The van der Waals surface area contributed by atoms with Gasteiger partial charge in [-0.25, -0.2) is 4.79 Å². The van der Waals surface area contributed by atoms with Gasteiger partial charge in [0.1, 0.15) is 18.1 Å². The second kappa shape index (κ2) is 14.6. The van der Waals surface area contributed by atoms with Crippen molar-refractivity contribution >= 4 is 35.6 Å². The quantitative estimate of drug-likeness (QED) is 0.0616. The lowest BCUT2D eigenvalue weighted by atomic mass is 10.0. The van der Waals surface area contributed by atoms with Gasteiger partial charge in [0.05, 0.1) is 18.6 Å². The molecule has 0 bridgehead atoms. The van der Waals surface area contributed by atoms with Crippen LogP contribution in [0.15, 0.2) is 4.99 Å². The topological polar surface area (TPSA) is 273 Å². The number of amides is 3. The minimum atomic E-state index is -1.54. The number of aliphatic hydroxyl groups is 1. The molecule has 194 valence electrons. The third kappa shape index (κ3) is 11.4. The monoisotopic (exact) mass is 489 g/mol. The van der Waals surface area contributed by atoms with E-state index in [1.165, 1.54) is 6.92 Å². The first-order chi connectivity index (χ1) is 15.7. The Morgan fingerprint density at radius 2 is 1.44 bits per heavy atom. The Kier molecular flexibility index (Phi) is 13.2. The number of aliphatic hydroxyl groups excluding tert-OH is 1. The van der Waals surface area contributed by atoms with E-state index in [0.29, 0.717) is 0 Å². The Balaban J connectivity index is 5.54. The van der Waals surface area contributed by atoms with Crippen LogP contribution >= 0.6 is 0 Å². The molecule has 0 aliphatic rings. The summed E-state index contributed by atoms with van der Waals surface area (Å²) in [6.07, 6.45) is -1.91. The van der Waals surface area contributed by atoms with Gasteiger partial charge in [-0.15, -0.1) is 0 Å². The van der Waals surface area contributed by atoms with Crippen LogP contribution in [0.5, 0.6) is 0 Å². The van der Waals surface area contributed by atoms with Crippen molar-refractivity contribution in [1.82, 2.24) is 16.0 Å². The van der Waals surface area contributed by atoms with Crippen LogP contribution in [0.1, 0.15) is 40.0 Å². The molecule has 5 atom stereocenters. The predicted molar refractivity (Wildman–Crippen MR) is 120 cm³/mol. The molecule has 0 aliphatic heterocycles. The minimum Gasteiger partial charge on any atom is -0.481 e. The van der Waals surface area contributed by atoms with Gasteiger partial charge in [0, 0.05) is 6.54 Å². The van der Waals surface area contributed by atoms with Crippen LogP contribution in [0.4, 0.5) is 0 Å². The van der Waals surface area contributed by atoms with E-state index in [2.05, 4.69) is 20.9 Å². The molecule has 0 rings (SSSR count). The van der Waals surface area contributed by atoms with Crippen molar-refractivity contribution in [2.45, 2.75) is 70.3 Å². The van der Waals surface area contributed by atoms with Gasteiger partial charge in [-0.3, -0.25) is 24.2 Å². The van der Waals surface area contributed by atoms with Gasteiger partial charge in [-0.1, -0.05) is 13.8 Å². The van der Waals surface area contributed by atoms with Crippen LogP contribution in [0.2, 0.25) is 0 Å². The SMILES string of the molecule is CC(C)C(NC(=O)C(NC(=O)C(CCCN=C(N)N)NC(=O)C(N)CC(=O)O)C(C)O)C(=O)O. The fourth-order valence-corrected chi connectivity index (χ4v) is 2.75. The lowest BCUT2D eigenvalue weighted by Crippen LogP contribution is -2.60. The first-order valence-corrected chi connectivity index (χ1v) is 10.5. The van der Waals surface area contributed by atoms with Crippen molar-refractivity contribution in [3.05, 3.63) is 0 Å². The first-order valence-electron chi connectivity index (χ1n) is 10.5. The van der Waals surface area contributed by atoms with Gasteiger partial charge in [0.2, 0.25) is 17.7 Å². The van der Waals surface area contributed by atoms with E-state index >= 15 is 0 Å². The Bertz CT molecular complexity index is 768. The van der Waals surface area contributed by atoms with Crippen LogP contribution < -0.4 is 33.2 Å². The molecule has 0 aliphatic carbocycles. The molecule has 0 aromatic rings. The van der Waals surface area contributed by atoms with Gasteiger partial charge in [0.15, 0.2) is 5.96 Å². The fraction of sp³-hybridized carbons (Fsp3) is 0.684. The van der Waals surface area contributed by atoms with Gasteiger partial charge in [-0.2, -0.15) is 0 Å². The number of guanidine groups is 1. The predicted octanol–water partition coefficient (Wildman–Crippen LogP) is -3.58. The summed E-state index contributed by atoms with van der Waals surface area (Å²) in [5.41, 5.74) is 16.0. The van der Waals surface area contributed by atoms with Crippen molar-refractivity contribution in [2.24, 2.45) is 28.1 Å². The summed E-state index contributed by atoms with van der Waals surface area (Å²) in [6.45, 7) is 4.46. The number of carboxylic acids is 2. The van der Waals surface area contributed by atoms with Gasteiger partial charge in [0.25, 0.3) is 0 Å². The molecule has 0 radical (unpaired) electrons. The van der Waals surface area contributed by atoms with E-state index in [0.717, 1.165) is 0 Å². The van der Waals surface area contributed by atoms with E-state index in [1.807, 2.05) is 0 Å². The van der Waals surface area contributed by atoms with Gasteiger partial charge >= 0.3 is 11.9 Å². The highest BCUT2D eigenvalue weighted by Crippen LogP contribution is 2.06. The molecular weight excluding hydrogens is 454 g/mol. The van der Waals surface area contributed by atoms with Crippen molar-refractivity contribution in [1.29, 1.82) is 0 Å². The van der Waals surface area contributed by atoms with E-state index in [9.17, 15) is 34.2 Å². The summed E-state index contributed by atoms with van der Waals surface area (Å²) < 4.78 is 0. The number of hydrogen-bond donors (Lipinski definition) is 9. The maximum absolute atomic E-state index is 12.8. The Labute approximate surface area is 196 Å². The number of nitrogens with two attached hydrogens (primary N) is 3. The van der Waals surface area contributed by atoms with Crippen LogP contribution in [0.25, 0.3) is 0 Å². The molecular formula is C19H35N7O8. The maximum atomic E-state index is 12.8. The van der Waals surface area contributed by atoms with E-state index in [-0.39, 0.29) is 25.3 Å². The number of aliphatic carboxylic acids is 2. The van der Waals surface area contributed by atoms with E-state index < -0.39 is 72.3 Å². The molecule has 0 aromatic heterocycles. The molecule has 15 heteroatoms. The van der Waals surface area contributed by atoms with Crippen molar-refractivity contribution in [3.63, 3.8) is 0 Å². The zero-order chi connectivity index (χ0) is 26.6. The smallest absolute Gasteiger partial charge is 0.326 e. The fourth-order valence-electron chi connectivity index (χ4n) is 2.75. The molecule has 0 saturated heterocycles. The number of carbonyl (C=O) groups is 5. The Morgan fingerprint density at radius 3 is 1.88 bits per heavy atom. The molecule has 0 heterocycles. The summed E-state index contributed by atoms with van der Waals surface area (Å²) in [4.78, 5) is 63.6. The van der Waals surface area contributed by atoms with Gasteiger partial charge in [-0.05, 0) is 25.7 Å². The van der Waals surface area contributed by atoms with E-state index in [1.54, 1.807) is 13.8 Å². The molecule has 0 aromatic carbocycles. The third-order valence-corrected chi connectivity index (χ3v) is 4.60. The Morgan fingerprint density at radius 1 is 0.882 bits per heavy atom. The summed E-state index contributed by atoms with van der Waals surface area (Å²) in [5.74, 6) is -6.04. The number of carboxylic acid groups (broad SMARTS) is 2. The molecule has 15 nitrogen and oxygen atoms in total. The van der Waals surface area contributed by atoms with Crippen LogP contribution in [0, 0.1) is 5.92 Å². The van der Waals surface area contributed by atoms with Crippen LogP contribution in [-0.4, -0.2) is 87.8 Å². The summed E-state index contributed by atoms with van der Waals surface area (Å²) in [5, 5.41) is 34.9. The molecule has 0 fully saturated rings. The highest BCUT2D eigenvalue weighted by Gasteiger charge is 2.33. The number of carbonyl (C=O) groups excluding carboxylic acids is 3. The average Bonchev–Trinajstić information content (AvgIpc) is 2.70. The zero-order valence-corrected chi connectivity index (χ0v) is 19.4. The highest BCUT2D eigenvalue weighted by molar-refractivity contribution is 5.95. The molecule has 12 N–H and O–H groups in total. The molecule has 5 unspecified atom stereocenters. The van der Waals surface area contributed by atoms with Crippen molar-refractivity contribution < 1.29 is 39.3 Å². The van der Waals surface area contributed by atoms with Crippen LogP contribution in [0.3, 0.4) is 0 Å². The lowest BCUT2D eigenvalue weighted by molar-refractivity contribution is -0.144. The number of nitrogens with zero attached hydrogens (tertiary/aromatic N) is 1. The normalized spacial score (nSPS) is 15.2. The summed E-state index contributed by atoms with van der Waals surface area (Å²) >= 11 is 0. The molecule has 3 amide bonds. The number of nitrogens with one attached hydrogen (secondary N) is 3. The highest BCUT2D eigenvalue weighted by atomic mass is 16.4. The van der Waals surface area contributed by atoms with Crippen molar-refractivity contribution in [2.75, 3.05) is 6.54 Å². The van der Waals surface area contributed by atoms with Crippen LogP contribution in [-0.2, 0) is 24.0 Å². The Hall–Kier alpha value is -3.46. The maximum Gasteiger partial charge on any atom is 0.326 e. The van der Waals surface area contributed by atoms with E-state index in [4.69, 9.17) is 22.3 Å². The van der Waals surface area contributed by atoms with Gasteiger partial charge < -0.3 is 48.5 Å². The second-order valence-corrected chi connectivity index (χ2v) is 8.01. The summed E-state index contributed by atoms with van der Waals surface area (Å²) in [7, 11) is 0. The molecule has 0 spiro atoms. The minimum absolute atomic E-state index is 0.0218. The van der Waals surface area contributed by atoms with Crippen molar-refractivity contribution in [3.8, 4) is 0 Å². The lowest BCUT2D eigenvalue weighted by Gasteiger charge is -2.27. The second-order valence-electron chi connectivity index (χ2n) is 8.01. The zero-order valence-electron chi connectivity index (χ0n) is 19.4. The first kappa shape index (κ1) is 30.5. The number of hydrogen-bond acceptors (Lipinski definition) is 8. The molecule has 34 heavy (non-hydrogen) atoms. The average molecular weight is 490 g/mol.